The van der Waals surface area contributed by atoms with Crippen LogP contribution in [0.3, 0.4) is 0 Å². The Balaban J connectivity index is 1.46. The molecule has 0 radical (unpaired) electrons. The Bertz CT molecular complexity index is 1270. The zero-order chi connectivity index (χ0) is 22.8. The summed E-state index contributed by atoms with van der Waals surface area (Å²) in [6.07, 6.45) is 2.19. The average molecular weight is 442 g/mol. The van der Waals surface area contributed by atoms with E-state index >= 15 is 0 Å². The summed E-state index contributed by atoms with van der Waals surface area (Å²) in [5, 5.41) is 1.03. The maximum Gasteiger partial charge on any atom is 0.227 e. The van der Waals surface area contributed by atoms with Gasteiger partial charge in [0, 0.05) is 25.0 Å². The maximum absolute atomic E-state index is 13.2. The number of aromatic nitrogens is 3. The lowest BCUT2D eigenvalue weighted by molar-refractivity contribution is -0.135. The number of methoxy groups -OCH3 is 1. The Kier molecular flexibility index (Phi) is 5.79. The second kappa shape index (κ2) is 9.03. The quantitative estimate of drug-likeness (QED) is 0.511. The monoisotopic (exact) mass is 441 g/mol. The van der Waals surface area contributed by atoms with E-state index in [1.807, 2.05) is 59.5 Å². The molecule has 1 aliphatic rings. The lowest BCUT2D eigenvalue weighted by Crippen LogP contribution is -2.50. The highest BCUT2D eigenvalue weighted by Crippen LogP contribution is 2.32. The number of benzene rings is 2. The van der Waals surface area contributed by atoms with Crippen molar-refractivity contribution in [2.45, 2.75) is 12.5 Å². The normalized spacial score (nSPS) is 16.8. The summed E-state index contributed by atoms with van der Waals surface area (Å²) in [6, 6.07) is 19.7. The first kappa shape index (κ1) is 21.2. The molecule has 33 heavy (non-hydrogen) atoms. The van der Waals surface area contributed by atoms with Crippen LogP contribution in [-0.2, 0) is 11.2 Å². The smallest absolute Gasteiger partial charge is 0.227 e. The first-order valence-corrected chi connectivity index (χ1v) is 11.1. The van der Waals surface area contributed by atoms with Crippen molar-refractivity contribution >= 4 is 16.8 Å². The van der Waals surface area contributed by atoms with Gasteiger partial charge in [-0.2, -0.15) is 0 Å². The summed E-state index contributed by atoms with van der Waals surface area (Å²) in [6.45, 7) is 2.23. The number of hydrogen-bond donors (Lipinski definition) is 1. The van der Waals surface area contributed by atoms with Gasteiger partial charge < -0.3 is 19.5 Å². The molecule has 2 aromatic carbocycles. The maximum atomic E-state index is 13.2. The number of imidazole rings is 1. The Morgan fingerprint density at radius 2 is 1.91 bits per heavy atom. The largest absolute Gasteiger partial charge is 0.480 e. The van der Waals surface area contributed by atoms with E-state index in [1.54, 1.807) is 13.3 Å². The molecule has 4 aromatic rings. The average Bonchev–Trinajstić information content (AvgIpc) is 3.34. The number of piperazine rings is 1. The minimum Gasteiger partial charge on any atom is -0.480 e. The van der Waals surface area contributed by atoms with Crippen LogP contribution in [0.2, 0.25) is 0 Å². The molecular formula is C26H27N5O2. The van der Waals surface area contributed by atoms with Crippen LogP contribution in [0, 0.1) is 0 Å². The molecule has 0 aliphatic carbocycles. The summed E-state index contributed by atoms with van der Waals surface area (Å²) < 4.78 is 5.57. The van der Waals surface area contributed by atoms with Crippen LogP contribution in [0.1, 0.15) is 17.4 Å². The number of pyridine rings is 1. The highest BCUT2D eigenvalue weighted by Gasteiger charge is 2.32. The number of aromatic amines is 1. The zero-order valence-electron chi connectivity index (χ0n) is 18.9. The number of nitrogens with one attached hydrogen (secondary N) is 1. The predicted octanol–water partition coefficient (Wildman–Crippen LogP) is 3.69. The van der Waals surface area contributed by atoms with Gasteiger partial charge in [0.25, 0.3) is 0 Å². The number of rotatable bonds is 5. The van der Waals surface area contributed by atoms with Crippen molar-refractivity contribution in [3.8, 4) is 17.1 Å². The molecule has 1 N–H and O–H groups in total. The highest BCUT2D eigenvalue weighted by molar-refractivity contribution is 5.85. The fourth-order valence-electron chi connectivity index (χ4n) is 4.41. The molecule has 1 atom stereocenters. The molecule has 1 saturated heterocycles. The Morgan fingerprint density at radius 1 is 1.12 bits per heavy atom. The number of H-pyrrole nitrogens is 1. The fourth-order valence-corrected chi connectivity index (χ4v) is 4.41. The summed E-state index contributed by atoms with van der Waals surface area (Å²) >= 11 is 0. The third-order valence-corrected chi connectivity index (χ3v) is 6.19. The fraction of sp³-hybridized carbons (Fsp3) is 0.269. The molecule has 3 heterocycles. The van der Waals surface area contributed by atoms with Crippen molar-refractivity contribution in [2.24, 2.45) is 0 Å². The van der Waals surface area contributed by atoms with Gasteiger partial charge in [-0.1, -0.05) is 48.5 Å². The van der Waals surface area contributed by atoms with Crippen molar-refractivity contribution in [2.75, 3.05) is 33.8 Å². The van der Waals surface area contributed by atoms with E-state index < -0.39 is 0 Å². The molecule has 168 valence electrons. The van der Waals surface area contributed by atoms with Crippen LogP contribution in [0.4, 0.5) is 0 Å². The number of amides is 1. The second-order valence-electron chi connectivity index (χ2n) is 8.45. The van der Waals surface area contributed by atoms with Crippen molar-refractivity contribution < 1.29 is 9.53 Å². The molecular weight excluding hydrogens is 414 g/mol. The van der Waals surface area contributed by atoms with Crippen LogP contribution in [-0.4, -0.2) is 64.5 Å². The van der Waals surface area contributed by atoms with Gasteiger partial charge in [-0.05, 0) is 24.7 Å². The van der Waals surface area contributed by atoms with Crippen molar-refractivity contribution in [1.82, 2.24) is 24.8 Å². The van der Waals surface area contributed by atoms with Crippen LogP contribution >= 0.6 is 0 Å². The number of para-hydroxylation sites is 1. The van der Waals surface area contributed by atoms with Gasteiger partial charge in [-0.3, -0.25) is 4.79 Å². The number of carbonyl (C=O) groups is 1. The Morgan fingerprint density at radius 3 is 2.73 bits per heavy atom. The number of nitrogens with zero attached hydrogens (tertiary/aromatic N) is 4. The van der Waals surface area contributed by atoms with E-state index in [4.69, 9.17) is 4.74 Å². The number of likely N-dealkylation sites (N-methyl/N-ethyl adjacent to an activating group) is 1. The van der Waals surface area contributed by atoms with Gasteiger partial charge in [0.2, 0.25) is 11.8 Å². The van der Waals surface area contributed by atoms with E-state index in [1.165, 1.54) is 0 Å². The van der Waals surface area contributed by atoms with Gasteiger partial charge >= 0.3 is 0 Å². The molecule has 1 amide bonds. The van der Waals surface area contributed by atoms with E-state index in [0.29, 0.717) is 18.8 Å². The first-order valence-electron chi connectivity index (χ1n) is 11.1. The molecule has 2 aromatic heterocycles. The van der Waals surface area contributed by atoms with Crippen molar-refractivity contribution in [3.63, 3.8) is 0 Å². The predicted molar refractivity (Wildman–Crippen MR) is 128 cm³/mol. The van der Waals surface area contributed by atoms with Gasteiger partial charge in [-0.25, -0.2) is 9.97 Å². The van der Waals surface area contributed by atoms with Crippen LogP contribution in [0.15, 0.2) is 66.9 Å². The van der Waals surface area contributed by atoms with E-state index in [0.717, 1.165) is 46.6 Å². The third-order valence-electron chi connectivity index (χ3n) is 6.19. The standard InChI is InChI=1S/C26H27N5O2/c1-30-12-13-31(24(32)14-18-8-4-3-5-9-18)23(17-30)25-27-16-22(28-25)20-15-19-10-6-7-11-21(19)29-26(20)33-2/h3-11,15-16,23H,12-14,17H2,1-2H3,(H,27,28). The van der Waals surface area contributed by atoms with Crippen molar-refractivity contribution in [1.29, 1.82) is 0 Å². The summed E-state index contributed by atoms with van der Waals surface area (Å²) in [5.74, 6) is 1.43. The zero-order valence-corrected chi connectivity index (χ0v) is 18.9. The Labute approximate surface area is 193 Å². The molecule has 0 spiro atoms. The molecule has 5 rings (SSSR count). The van der Waals surface area contributed by atoms with E-state index in [2.05, 4.69) is 33.0 Å². The molecule has 0 saturated carbocycles. The number of fused-ring (bicyclic) bond motifs is 1. The SMILES string of the molecule is COc1nc2ccccc2cc1-c1cnc(C2CN(C)CCN2C(=O)Cc2ccccc2)[nH]1. The van der Waals surface area contributed by atoms with Gasteiger partial charge in [0.1, 0.15) is 11.9 Å². The van der Waals surface area contributed by atoms with Gasteiger partial charge in [0.15, 0.2) is 0 Å². The molecule has 0 bridgehead atoms. The minimum absolute atomic E-state index is 0.113. The van der Waals surface area contributed by atoms with Crippen LogP contribution < -0.4 is 4.74 Å². The molecule has 7 nitrogen and oxygen atoms in total. The second-order valence-corrected chi connectivity index (χ2v) is 8.45. The summed E-state index contributed by atoms with van der Waals surface area (Å²) in [5.41, 5.74) is 3.57. The van der Waals surface area contributed by atoms with E-state index in [9.17, 15) is 4.79 Å². The molecule has 1 unspecified atom stereocenters. The van der Waals surface area contributed by atoms with E-state index in [-0.39, 0.29) is 11.9 Å². The Hall–Kier alpha value is -3.71. The first-order chi connectivity index (χ1) is 16.1. The molecule has 7 heteroatoms. The lowest BCUT2D eigenvalue weighted by Gasteiger charge is -2.39. The molecule has 1 aliphatic heterocycles. The summed E-state index contributed by atoms with van der Waals surface area (Å²) in [7, 11) is 3.70. The van der Waals surface area contributed by atoms with Gasteiger partial charge in [0.05, 0.1) is 36.5 Å². The topological polar surface area (TPSA) is 74.4 Å². The number of hydrogen-bond acceptors (Lipinski definition) is 5. The van der Waals surface area contributed by atoms with Crippen LogP contribution in [0.5, 0.6) is 5.88 Å². The van der Waals surface area contributed by atoms with Crippen molar-refractivity contribution in [3.05, 3.63) is 78.2 Å². The third kappa shape index (κ3) is 4.32. The highest BCUT2D eigenvalue weighted by atomic mass is 16.5. The van der Waals surface area contributed by atoms with Gasteiger partial charge in [-0.15, -0.1) is 0 Å². The lowest BCUT2D eigenvalue weighted by atomic mass is 10.1. The minimum atomic E-state index is -0.145. The van der Waals surface area contributed by atoms with Crippen LogP contribution in [0.25, 0.3) is 22.2 Å². The molecule has 1 fully saturated rings. The number of carbonyl (C=O) groups excluding carboxylic acids is 1. The number of ether oxygens (including phenoxy) is 1. The summed E-state index contributed by atoms with van der Waals surface area (Å²) in [4.78, 5) is 30.2.